The van der Waals surface area contributed by atoms with Crippen LogP contribution in [0.5, 0.6) is 0 Å². The van der Waals surface area contributed by atoms with Crippen molar-refractivity contribution in [1.82, 2.24) is 10.2 Å². The van der Waals surface area contributed by atoms with E-state index in [0.29, 0.717) is 13.0 Å². The summed E-state index contributed by atoms with van der Waals surface area (Å²) in [5.41, 5.74) is 0. The number of amides is 1. The Hall–Kier alpha value is -0.870. The lowest BCUT2D eigenvalue weighted by Gasteiger charge is -2.16. The van der Waals surface area contributed by atoms with Gasteiger partial charge in [-0.05, 0) is 39.8 Å². The van der Waals surface area contributed by atoms with Crippen molar-refractivity contribution < 1.29 is 9.90 Å². The van der Waals surface area contributed by atoms with Crippen molar-refractivity contribution in [1.29, 1.82) is 0 Å². The highest BCUT2D eigenvalue weighted by molar-refractivity contribution is 5.75. The number of carbonyl (C=O) groups is 1. The molecule has 1 amide bonds. The lowest BCUT2D eigenvalue weighted by Crippen LogP contribution is -2.33. The molecule has 0 saturated heterocycles. The van der Waals surface area contributed by atoms with Gasteiger partial charge in [-0.3, -0.25) is 4.79 Å². The second-order valence-electron chi connectivity index (χ2n) is 5.96. The maximum atomic E-state index is 11.5. The molecule has 0 spiro atoms. The van der Waals surface area contributed by atoms with Crippen LogP contribution in [0.15, 0.2) is 12.2 Å². The zero-order valence-corrected chi connectivity index (χ0v) is 14.6. The standard InChI is InChI=1S/C18H36N2O2/c1-3-4-10-13-18(22)19-14-16-20(2)15-11-8-6-5-7-9-12-17-21/h3-4,21H,5-17H2,1-2H3,(H,19,22)/b4-3+. The minimum Gasteiger partial charge on any atom is -0.396 e. The van der Waals surface area contributed by atoms with Crippen molar-refractivity contribution >= 4 is 5.91 Å². The van der Waals surface area contributed by atoms with Crippen molar-refractivity contribution in [3.63, 3.8) is 0 Å². The van der Waals surface area contributed by atoms with Gasteiger partial charge in [0, 0.05) is 26.1 Å². The van der Waals surface area contributed by atoms with Crippen LogP contribution in [0.4, 0.5) is 0 Å². The fourth-order valence-electron chi connectivity index (χ4n) is 2.34. The smallest absolute Gasteiger partial charge is 0.220 e. The van der Waals surface area contributed by atoms with Crippen LogP contribution in [-0.4, -0.2) is 49.2 Å². The number of aliphatic hydroxyl groups excluding tert-OH is 1. The number of hydrogen-bond donors (Lipinski definition) is 2. The predicted octanol–water partition coefficient (Wildman–Crippen LogP) is 3.11. The van der Waals surface area contributed by atoms with Gasteiger partial charge in [-0.15, -0.1) is 0 Å². The summed E-state index contributed by atoms with van der Waals surface area (Å²) >= 11 is 0. The summed E-state index contributed by atoms with van der Waals surface area (Å²) in [6, 6.07) is 0. The third-order valence-corrected chi connectivity index (χ3v) is 3.79. The van der Waals surface area contributed by atoms with E-state index in [1.807, 2.05) is 19.1 Å². The van der Waals surface area contributed by atoms with E-state index in [9.17, 15) is 4.79 Å². The molecule has 0 fully saturated rings. The number of hydrogen-bond acceptors (Lipinski definition) is 3. The molecule has 0 aromatic heterocycles. The Balaban J connectivity index is 3.32. The van der Waals surface area contributed by atoms with Gasteiger partial charge in [0.15, 0.2) is 0 Å². The summed E-state index contributed by atoms with van der Waals surface area (Å²) in [6.07, 6.45) is 13.9. The number of unbranched alkanes of at least 4 members (excludes halogenated alkanes) is 6. The first-order chi connectivity index (χ1) is 10.7. The number of carbonyl (C=O) groups excluding carboxylic acids is 1. The van der Waals surface area contributed by atoms with Gasteiger partial charge in [0.05, 0.1) is 0 Å². The van der Waals surface area contributed by atoms with E-state index in [-0.39, 0.29) is 5.91 Å². The molecule has 0 unspecified atom stereocenters. The number of allylic oxidation sites excluding steroid dienone is 2. The Morgan fingerprint density at radius 2 is 1.68 bits per heavy atom. The van der Waals surface area contributed by atoms with Gasteiger partial charge in [-0.1, -0.05) is 44.3 Å². The average Bonchev–Trinajstić information content (AvgIpc) is 2.50. The molecule has 2 N–H and O–H groups in total. The Kier molecular flexibility index (Phi) is 15.8. The van der Waals surface area contributed by atoms with Crippen LogP contribution < -0.4 is 5.32 Å². The first-order valence-corrected chi connectivity index (χ1v) is 8.88. The molecule has 0 aliphatic heterocycles. The summed E-state index contributed by atoms with van der Waals surface area (Å²) in [7, 11) is 2.12. The molecule has 0 aromatic carbocycles. The summed E-state index contributed by atoms with van der Waals surface area (Å²) in [4.78, 5) is 13.8. The quantitative estimate of drug-likeness (QED) is 0.361. The molecule has 0 saturated carbocycles. The molecular formula is C18H36N2O2. The van der Waals surface area contributed by atoms with Crippen LogP contribution >= 0.6 is 0 Å². The van der Waals surface area contributed by atoms with Crippen molar-refractivity contribution in [2.45, 2.75) is 64.7 Å². The fraction of sp³-hybridized carbons (Fsp3) is 0.833. The Bertz CT molecular complexity index is 280. The molecule has 0 heterocycles. The van der Waals surface area contributed by atoms with E-state index < -0.39 is 0 Å². The Morgan fingerprint density at radius 1 is 1.05 bits per heavy atom. The van der Waals surface area contributed by atoms with E-state index in [1.165, 1.54) is 32.1 Å². The van der Waals surface area contributed by atoms with Crippen molar-refractivity contribution in [2.24, 2.45) is 0 Å². The van der Waals surface area contributed by atoms with E-state index in [1.54, 1.807) is 0 Å². The third kappa shape index (κ3) is 15.5. The summed E-state index contributed by atoms with van der Waals surface area (Å²) in [5.74, 6) is 0.148. The minimum atomic E-state index is 0.148. The van der Waals surface area contributed by atoms with Crippen LogP contribution in [0.1, 0.15) is 64.7 Å². The molecule has 0 aromatic rings. The van der Waals surface area contributed by atoms with E-state index in [2.05, 4.69) is 17.3 Å². The number of nitrogens with one attached hydrogen (secondary N) is 1. The van der Waals surface area contributed by atoms with Crippen LogP contribution in [0.3, 0.4) is 0 Å². The summed E-state index contributed by atoms with van der Waals surface area (Å²) < 4.78 is 0. The summed E-state index contributed by atoms with van der Waals surface area (Å²) in [5, 5.41) is 11.7. The van der Waals surface area contributed by atoms with Gasteiger partial charge >= 0.3 is 0 Å². The highest BCUT2D eigenvalue weighted by Crippen LogP contribution is 2.07. The molecule has 0 atom stereocenters. The molecule has 22 heavy (non-hydrogen) atoms. The van der Waals surface area contributed by atoms with Crippen LogP contribution in [0.25, 0.3) is 0 Å². The Morgan fingerprint density at radius 3 is 2.32 bits per heavy atom. The van der Waals surface area contributed by atoms with Gasteiger partial charge in [0.25, 0.3) is 0 Å². The molecule has 0 rings (SSSR count). The van der Waals surface area contributed by atoms with Crippen molar-refractivity contribution in [3.8, 4) is 0 Å². The average molecular weight is 312 g/mol. The number of aliphatic hydroxyl groups is 1. The molecule has 4 nitrogen and oxygen atoms in total. The van der Waals surface area contributed by atoms with Gasteiger partial charge in [0.2, 0.25) is 5.91 Å². The number of rotatable bonds is 15. The van der Waals surface area contributed by atoms with Crippen molar-refractivity contribution in [3.05, 3.63) is 12.2 Å². The monoisotopic (exact) mass is 312 g/mol. The highest BCUT2D eigenvalue weighted by atomic mass is 16.2. The molecule has 0 radical (unpaired) electrons. The number of nitrogens with zero attached hydrogens (tertiary/aromatic N) is 1. The second kappa shape index (κ2) is 16.5. The zero-order chi connectivity index (χ0) is 16.5. The number of likely N-dealkylation sites (N-methyl/N-ethyl adjacent to an activating group) is 1. The molecule has 4 heteroatoms. The SMILES string of the molecule is C/C=C/CCC(=O)NCCN(C)CCCCCCCCCO. The third-order valence-electron chi connectivity index (χ3n) is 3.79. The minimum absolute atomic E-state index is 0.148. The lowest BCUT2D eigenvalue weighted by molar-refractivity contribution is -0.121. The van der Waals surface area contributed by atoms with Gasteiger partial charge < -0.3 is 15.3 Å². The largest absolute Gasteiger partial charge is 0.396 e. The van der Waals surface area contributed by atoms with E-state index in [4.69, 9.17) is 5.11 Å². The highest BCUT2D eigenvalue weighted by Gasteiger charge is 2.01. The van der Waals surface area contributed by atoms with Gasteiger partial charge in [-0.2, -0.15) is 0 Å². The molecule has 0 bridgehead atoms. The lowest BCUT2D eigenvalue weighted by atomic mass is 10.1. The van der Waals surface area contributed by atoms with Gasteiger partial charge in [0.1, 0.15) is 0 Å². The maximum Gasteiger partial charge on any atom is 0.220 e. The topological polar surface area (TPSA) is 52.6 Å². The first kappa shape index (κ1) is 21.1. The molecule has 0 aliphatic rings. The van der Waals surface area contributed by atoms with Crippen LogP contribution in [-0.2, 0) is 4.79 Å². The zero-order valence-electron chi connectivity index (χ0n) is 14.6. The van der Waals surface area contributed by atoms with Crippen LogP contribution in [0, 0.1) is 0 Å². The summed E-state index contributed by atoms with van der Waals surface area (Å²) in [6.45, 7) is 5.07. The second-order valence-corrected chi connectivity index (χ2v) is 5.96. The fourth-order valence-corrected chi connectivity index (χ4v) is 2.34. The molecular weight excluding hydrogens is 276 g/mol. The van der Waals surface area contributed by atoms with E-state index in [0.717, 1.165) is 38.9 Å². The predicted molar refractivity (Wildman–Crippen MR) is 94.0 cm³/mol. The normalized spacial score (nSPS) is 11.5. The Labute approximate surface area is 137 Å². The van der Waals surface area contributed by atoms with Gasteiger partial charge in [-0.25, -0.2) is 0 Å². The van der Waals surface area contributed by atoms with Crippen LogP contribution in [0.2, 0.25) is 0 Å². The van der Waals surface area contributed by atoms with Crippen molar-refractivity contribution in [2.75, 3.05) is 33.3 Å². The first-order valence-electron chi connectivity index (χ1n) is 8.88. The molecule has 130 valence electrons. The maximum absolute atomic E-state index is 11.5. The van der Waals surface area contributed by atoms with E-state index >= 15 is 0 Å². The molecule has 0 aliphatic carbocycles.